The maximum atomic E-state index is 4.42. The minimum absolute atomic E-state index is 0.0575. The SMILES string of the molecule is CCCNC(c1ccccc1)c1nnc(C(C)(C)C)s1. The van der Waals surface area contributed by atoms with Gasteiger partial charge in [0.05, 0.1) is 6.04 Å². The number of benzene rings is 1. The number of aromatic nitrogens is 2. The molecule has 2 rings (SSSR count). The average molecular weight is 289 g/mol. The molecule has 108 valence electrons. The lowest BCUT2D eigenvalue weighted by Gasteiger charge is -2.16. The van der Waals surface area contributed by atoms with Gasteiger partial charge in [0.25, 0.3) is 0 Å². The van der Waals surface area contributed by atoms with Crippen LogP contribution in [-0.4, -0.2) is 16.7 Å². The summed E-state index contributed by atoms with van der Waals surface area (Å²) in [5, 5.41) is 14.5. The Hall–Kier alpha value is -1.26. The Bertz CT molecular complexity index is 528. The Morgan fingerprint density at radius 1 is 1.15 bits per heavy atom. The zero-order valence-electron chi connectivity index (χ0n) is 12.7. The lowest BCUT2D eigenvalue weighted by atomic mass is 9.98. The van der Waals surface area contributed by atoms with Gasteiger partial charge in [-0.25, -0.2) is 0 Å². The first-order chi connectivity index (χ1) is 9.52. The van der Waals surface area contributed by atoms with Crippen LogP contribution in [0.25, 0.3) is 0 Å². The van der Waals surface area contributed by atoms with Gasteiger partial charge in [0.1, 0.15) is 10.0 Å². The normalized spacial score (nSPS) is 13.4. The first-order valence-electron chi connectivity index (χ1n) is 7.14. The fourth-order valence-electron chi connectivity index (χ4n) is 1.94. The van der Waals surface area contributed by atoms with Crippen LogP contribution in [0.15, 0.2) is 30.3 Å². The van der Waals surface area contributed by atoms with E-state index in [1.165, 1.54) is 5.56 Å². The molecule has 0 aliphatic carbocycles. The average Bonchev–Trinajstić information content (AvgIpc) is 2.90. The lowest BCUT2D eigenvalue weighted by Crippen LogP contribution is -2.23. The van der Waals surface area contributed by atoms with Crippen LogP contribution in [0.5, 0.6) is 0 Å². The Morgan fingerprint density at radius 2 is 1.85 bits per heavy atom. The number of hydrogen-bond acceptors (Lipinski definition) is 4. The van der Waals surface area contributed by atoms with E-state index in [1.54, 1.807) is 11.3 Å². The second-order valence-corrected chi connectivity index (χ2v) is 7.00. The molecule has 1 unspecified atom stereocenters. The molecule has 0 amide bonds. The predicted octanol–water partition coefficient (Wildman–Crippen LogP) is 3.92. The smallest absolute Gasteiger partial charge is 0.139 e. The second kappa shape index (κ2) is 6.46. The maximum Gasteiger partial charge on any atom is 0.139 e. The van der Waals surface area contributed by atoms with Crippen LogP contribution in [0.3, 0.4) is 0 Å². The molecule has 1 heterocycles. The molecule has 0 fully saturated rings. The van der Waals surface area contributed by atoms with Crippen molar-refractivity contribution < 1.29 is 0 Å². The Balaban J connectivity index is 2.29. The third kappa shape index (κ3) is 3.64. The molecule has 0 bridgehead atoms. The molecule has 0 aliphatic heterocycles. The minimum atomic E-state index is 0.0575. The van der Waals surface area contributed by atoms with E-state index in [9.17, 15) is 0 Å². The van der Waals surface area contributed by atoms with Crippen molar-refractivity contribution in [2.45, 2.75) is 45.6 Å². The van der Waals surface area contributed by atoms with E-state index in [0.29, 0.717) is 0 Å². The molecular weight excluding hydrogens is 266 g/mol. The zero-order valence-corrected chi connectivity index (χ0v) is 13.5. The molecule has 1 N–H and O–H groups in total. The van der Waals surface area contributed by atoms with Crippen molar-refractivity contribution in [3.63, 3.8) is 0 Å². The van der Waals surface area contributed by atoms with E-state index < -0.39 is 0 Å². The summed E-state index contributed by atoms with van der Waals surface area (Å²) in [5.74, 6) is 0. The Labute approximate surface area is 125 Å². The third-order valence-corrected chi connectivity index (χ3v) is 4.47. The summed E-state index contributed by atoms with van der Waals surface area (Å²) in [6.45, 7) is 9.68. The molecule has 1 aromatic carbocycles. The van der Waals surface area contributed by atoms with Crippen LogP contribution in [0, 0.1) is 0 Å². The Morgan fingerprint density at radius 3 is 2.40 bits per heavy atom. The van der Waals surface area contributed by atoms with Crippen LogP contribution in [0.1, 0.15) is 55.7 Å². The molecule has 3 nitrogen and oxygen atoms in total. The van der Waals surface area contributed by atoms with E-state index in [-0.39, 0.29) is 11.5 Å². The zero-order chi connectivity index (χ0) is 14.6. The van der Waals surface area contributed by atoms with Crippen LogP contribution in [0.2, 0.25) is 0 Å². The molecule has 20 heavy (non-hydrogen) atoms. The highest BCUT2D eigenvalue weighted by Gasteiger charge is 2.23. The van der Waals surface area contributed by atoms with Crippen LogP contribution in [0.4, 0.5) is 0 Å². The van der Waals surface area contributed by atoms with Gasteiger partial charge in [0.15, 0.2) is 0 Å². The van der Waals surface area contributed by atoms with Gasteiger partial charge in [-0.05, 0) is 18.5 Å². The van der Waals surface area contributed by atoms with E-state index in [2.05, 4.69) is 67.5 Å². The third-order valence-electron chi connectivity index (χ3n) is 3.06. The molecule has 0 radical (unpaired) electrons. The number of nitrogens with one attached hydrogen (secondary N) is 1. The molecule has 4 heteroatoms. The minimum Gasteiger partial charge on any atom is -0.304 e. The lowest BCUT2D eigenvalue weighted by molar-refractivity contribution is 0.572. The van der Waals surface area contributed by atoms with E-state index in [0.717, 1.165) is 23.0 Å². The van der Waals surface area contributed by atoms with Crippen LogP contribution < -0.4 is 5.32 Å². The van der Waals surface area contributed by atoms with Gasteiger partial charge in [0.2, 0.25) is 0 Å². The highest BCUT2D eigenvalue weighted by molar-refractivity contribution is 7.11. The molecule has 0 saturated carbocycles. The monoisotopic (exact) mass is 289 g/mol. The van der Waals surface area contributed by atoms with Crippen molar-refractivity contribution >= 4 is 11.3 Å². The maximum absolute atomic E-state index is 4.42. The van der Waals surface area contributed by atoms with E-state index in [4.69, 9.17) is 0 Å². The summed E-state index contributed by atoms with van der Waals surface area (Å²) in [4.78, 5) is 0. The predicted molar refractivity (Wildman–Crippen MR) is 85.2 cm³/mol. The summed E-state index contributed by atoms with van der Waals surface area (Å²) in [6, 6.07) is 10.6. The summed E-state index contributed by atoms with van der Waals surface area (Å²) in [5.41, 5.74) is 1.31. The molecular formula is C16H23N3S. The fraction of sp³-hybridized carbons (Fsp3) is 0.500. The highest BCUT2D eigenvalue weighted by Crippen LogP contribution is 2.30. The molecule has 0 saturated heterocycles. The first kappa shape index (κ1) is 15.1. The number of hydrogen-bond donors (Lipinski definition) is 1. The summed E-state index contributed by atoms with van der Waals surface area (Å²) in [7, 11) is 0. The van der Waals surface area contributed by atoms with Crippen molar-refractivity contribution in [1.29, 1.82) is 0 Å². The van der Waals surface area contributed by atoms with Crippen molar-refractivity contribution in [2.75, 3.05) is 6.54 Å². The Kier molecular flexibility index (Phi) is 4.89. The van der Waals surface area contributed by atoms with Crippen molar-refractivity contribution in [1.82, 2.24) is 15.5 Å². The van der Waals surface area contributed by atoms with Gasteiger partial charge in [-0.15, -0.1) is 10.2 Å². The van der Waals surface area contributed by atoms with Gasteiger partial charge in [-0.1, -0.05) is 69.4 Å². The topological polar surface area (TPSA) is 37.8 Å². The second-order valence-electron chi connectivity index (χ2n) is 5.99. The fourth-order valence-corrected chi connectivity index (χ4v) is 2.94. The summed E-state index contributed by atoms with van der Waals surface area (Å²) < 4.78 is 0. The molecule has 1 atom stereocenters. The summed E-state index contributed by atoms with van der Waals surface area (Å²) in [6.07, 6.45) is 1.11. The highest BCUT2D eigenvalue weighted by atomic mass is 32.1. The van der Waals surface area contributed by atoms with Crippen LogP contribution in [-0.2, 0) is 5.41 Å². The number of nitrogens with zero attached hydrogens (tertiary/aromatic N) is 2. The van der Waals surface area contributed by atoms with Gasteiger partial charge in [-0.2, -0.15) is 0 Å². The van der Waals surface area contributed by atoms with E-state index in [1.807, 2.05) is 6.07 Å². The quantitative estimate of drug-likeness (QED) is 0.906. The molecule has 1 aromatic heterocycles. The summed E-state index contributed by atoms with van der Waals surface area (Å²) >= 11 is 1.71. The first-order valence-corrected chi connectivity index (χ1v) is 7.96. The van der Waals surface area contributed by atoms with Crippen molar-refractivity contribution in [2.24, 2.45) is 0 Å². The van der Waals surface area contributed by atoms with Crippen LogP contribution >= 0.6 is 11.3 Å². The van der Waals surface area contributed by atoms with Crippen molar-refractivity contribution in [3.8, 4) is 0 Å². The molecule has 0 spiro atoms. The van der Waals surface area contributed by atoms with Gasteiger partial charge < -0.3 is 5.32 Å². The largest absolute Gasteiger partial charge is 0.304 e. The van der Waals surface area contributed by atoms with Crippen molar-refractivity contribution in [3.05, 3.63) is 45.9 Å². The van der Waals surface area contributed by atoms with Gasteiger partial charge in [-0.3, -0.25) is 0 Å². The standard InChI is InChI=1S/C16H23N3S/c1-5-11-17-13(12-9-7-6-8-10-12)14-18-19-15(20-14)16(2,3)4/h6-10,13,17H,5,11H2,1-4H3. The van der Waals surface area contributed by atoms with Gasteiger partial charge >= 0.3 is 0 Å². The van der Waals surface area contributed by atoms with Gasteiger partial charge in [0, 0.05) is 5.41 Å². The molecule has 0 aliphatic rings. The molecule has 2 aromatic rings. The number of rotatable bonds is 5. The van der Waals surface area contributed by atoms with E-state index >= 15 is 0 Å².